The topological polar surface area (TPSA) is 48.1 Å². The quantitative estimate of drug-likeness (QED) is 0.895. The molecule has 0 bridgehead atoms. The summed E-state index contributed by atoms with van der Waals surface area (Å²) in [6, 6.07) is 1.79. The number of hydrogen-bond acceptors (Lipinski definition) is 2. The molecular weight excluding hydrogens is 294 g/mol. The highest BCUT2D eigenvalue weighted by Gasteiger charge is 2.15. The molecule has 1 saturated heterocycles. The van der Waals surface area contributed by atoms with Crippen LogP contribution in [0.5, 0.6) is 0 Å². The lowest BCUT2D eigenvalue weighted by molar-refractivity contribution is 0.0940. The van der Waals surface area contributed by atoms with E-state index in [0.29, 0.717) is 12.2 Å². The average Bonchev–Trinajstić information content (AvgIpc) is 2.78. The molecule has 4 nitrogen and oxygen atoms in total. The number of likely N-dealkylation sites (tertiary alicyclic amines) is 1. The summed E-state index contributed by atoms with van der Waals surface area (Å²) in [7, 11) is 0. The second-order valence-electron chi connectivity index (χ2n) is 5.01. The minimum Gasteiger partial charge on any atom is -0.356 e. The van der Waals surface area contributed by atoms with Gasteiger partial charge in [0.25, 0.3) is 5.91 Å². The lowest BCUT2D eigenvalue weighted by atomic mass is 9.99. The number of rotatable bonds is 4. The van der Waals surface area contributed by atoms with Crippen LogP contribution in [-0.4, -0.2) is 42.0 Å². The van der Waals surface area contributed by atoms with Crippen molar-refractivity contribution in [2.24, 2.45) is 5.92 Å². The van der Waals surface area contributed by atoms with Crippen LogP contribution in [0.3, 0.4) is 0 Å². The van der Waals surface area contributed by atoms with Crippen LogP contribution >= 0.6 is 15.9 Å². The molecule has 1 aromatic rings. The summed E-state index contributed by atoms with van der Waals surface area (Å²) in [5.41, 5.74) is 0.606. The van der Waals surface area contributed by atoms with Crippen molar-refractivity contribution in [1.29, 1.82) is 0 Å². The maximum absolute atomic E-state index is 11.8. The maximum Gasteiger partial charge on any atom is 0.267 e. The summed E-state index contributed by atoms with van der Waals surface area (Å²) in [4.78, 5) is 17.1. The molecule has 0 spiro atoms. The van der Waals surface area contributed by atoms with Gasteiger partial charge in [0.2, 0.25) is 0 Å². The smallest absolute Gasteiger partial charge is 0.267 e. The molecular formula is C13H20BrN3O. The molecule has 2 N–H and O–H groups in total. The van der Waals surface area contributed by atoms with Gasteiger partial charge < -0.3 is 15.2 Å². The molecule has 0 radical (unpaired) electrons. The average molecular weight is 314 g/mol. The normalized spacial score (nSPS) is 17.9. The predicted octanol–water partition coefficient (Wildman–Crippen LogP) is 2.24. The molecule has 0 atom stereocenters. The highest BCUT2D eigenvalue weighted by Crippen LogP contribution is 2.15. The minimum absolute atomic E-state index is 0.0360. The lowest BCUT2D eigenvalue weighted by Crippen LogP contribution is -2.39. The summed E-state index contributed by atoms with van der Waals surface area (Å²) in [6.45, 7) is 6.28. The number of nitrogens with zero attached hydrogens (tertiary/aromatic N) is 1. The molecule has 100 valence electrons. The molecule has 1 amide bonds. The number of aromatic nitrogens is 1. The first-order chi connectivity index (χ1) is 8.65. The zero-order valence-corrected chi connectivity index (χ0v) is 12.3. The molecule has 1 aliphatic rings. The fourth-order valence-electron chi connectivity index (χ4n) is 2.21. The van der Waals surface area contributed by atoms with Crippen molar-refractivity contribution in [2.45, 2.75) is 19.8 Å². The van der Waals surface area contributed by atoms with Crippen molar-refractivity contribution >= 4 is 21.8 Å². The Morgan fingerprint density at radius 2 is 2.28 bits per heavy atom. The highest BCUT2D eigenvalue weighted by atomic mass is 79.9. The summed E-state index contributed by atoms with van der Waals surface area (Å²) >= 11 is 3.32. The largest absolute Gasteiger partial charge is 0.356 e. The zero-order chi connectivity index (χ0) is 13.0. The van der Waals surface area contributed by atoms with Crippen LogP contribution in [0, 0.1) is 5.92 Å². The van der Waals surface area contributed by atoms with Gasteiger partial charge in [0.05, 0.1) is 0 Å². The van der Waals surface area contributed by atoms with Gasteiger partial charge in [0, 0.05) is 23.8 Å². The van der Waals surface area contributed by atoms with Gasteiger partial charge in [0.1, 0.15) is 5.69 Å². The van der Waals surface area contributed by atoms with Crippen LogP contribution in [0.1, 0.15) is 30.3 Å². The monoisotopic (exact) mass is 313 g/mol. The Morgan fingerprint density at radius 3 is 2.89 bits per heavy atom. The molecule has 1 fully saturated rings. The summed E-state index contributed by atoms with van der Waals surface area (Å²) < 4.78 is 0.901. The van der Waals surface area contributed by atoms with Gasteiger partial charge in [-0.15, -0.1) is 0 Å². The Balaban J connectivity index is 1.67. The molecule has 0 aliphatic carbocycles. The van der Waals surface area contributed by atoms with Crippen LogP contribution in [0.4, 0.5) is 0 Å². The van der Waals surface area contributed by atoms with Crippen molar-refractivity contribution < 1.29 is 4.79 Å². The molecule has 0 unspecified atom stereocenters. The second-order valence-corrected chi connectivity index (χ2v) is 5.93. The first kappa shape index (κ1) is 13.6. The minimum atomic E-state index is -0.0360. The van der Waals surface area contributed by atoms with E-state index in [1.165, 1.54) is 12.8 Å². The lowest BCUT2D eigenvalue weighted by Gasteiger charge is -2.30. The number of piperidine rings is 1. The third-order valence-electron chi connectivity index (χ3n) is 3.48. The van der Waals surface area contributed by atoms with E-state index in [1.54, 1.807) is 12.3 Å². The third kappa shape index (κ3) is 3.85. The molecule has 2 heterocycles. The van der Waals surface area contributed by atoms with Gasteiger partial charge in [0.15, 0.2) is 0 Å². The SMILES string of the molecule is CC1CCN(CCNC(=O)c2cc(Br)c[nH]2)CC1. The van der Waals surface area contributed by atoms with Gasteiger partial charge in [-0.05, 0) is 53.8 Å². The Hall–Kier alpha value is -0.810. The maximum atomic E-state index is 11.8. The van der Waals surface area contributed by atoms with Gasteiger partial charge in [-0.2, -0.15) is 0 Å². The first-order valence-corrected chi connectivity index (χ1v) is 7.29. The van der Waals surface area contributed by atoms with E-state index >= 15 is 0 Å². The van der Waals surface area contributed by atoms with Crippen LogP contribution in [-0.2, 0) is 0 Å². The number of carbonyl (C=O) groups excluding carboxylic acids is 1. The number of carbonyl (C=O) groups is 1. The number of amides is 1. The summed E-state index contributed by atoms with van der Waals surface area (Å²) in [5, 5.41) is 2.94. The van der Waals surface area contributed by atoms with E-state index in [-0.39, 0.29) is 5.91 Å². The molecule has 1 aromatic heterocycles. The zero-order valence-electron chi connectivity index (χ0n) is 10.7. The van der Waals surface area contributed by atoms with Gasteiger partial charge >= 0.3 is 0 Å². The van der Waals surface area contributed by atoms with E-state index < -0.39 is 0 Å². The van der Waals surface area contributed by atoms with Gasteiger partial charge in [-0.3, -0.25) is 4.79 Å². The molecule has 0 saturated carbocycles. The standard InChI is InChI=1S/C13H20BrN3O/c1-10-2-5-17(6-3-10)7-4-15-13(18)12-8-11(14)9-16-12/h8-10,16H,2-7H2,1H3,(H,15,18). The first-order valence-electron chi connectivity index (χ1n) is 6.49. The van der Waals surface area contributed by atoms with E-state index in [0.717, 1.165) is 30.0 Å². The highest BCUT2D eigenvalue weighted by molar-refractivity contribution is 9.10. The summed E-state index contributed by atoms with van der Waals surface area (Å²) in [5.74, 6) is 0.818. The van der Waals surface area contributed by atoms with Gasteiger partial charge in [-0.1, -0.05) is 6.92 Å². The Morgan fingerprint density at radius 1 is 1.56 bits per heavy atom. The fourth-order valence-corrected chi connectivity index (χ4v) is 2.55. The number of aromatic amines is 1. The number of halogens is 1. The summed E-state index contributed by atoms with van der Waals surface area (Å²) in [6.07, 6.45) is 4.32. The Bertz CT molecular complexity index is 397. The van der Waals surface area contributed by atoms with E-state index in [2.05, 4.69) is 38.1 Å². The molecule has 18 heavy (non-hydrogen) atoms. The van der Waals surface area contributed by atoms with Crippen LogP contribution in [0.15, 0.2) is 16.7 Å². The van der Waals surface area contributed by atoms with Crippen molar-refractivity contribution in [1.82, 2.24) is 15.2 Å². The molecule has 2 rings (SSSR count). The van der Waals surface area contributed by atoms with E-state index in [9.17, 15) is 4.79 Å². The second kappa shape index (κ2) is 6.38. The number of hydrogen-bond donors (Lipinski definition) is 2. The van der Waals surface area contributed by atoms with Crippen molar-refractivity contribution in [3.8, 4) is 0 Å². The fraction of sp³-hybridized carbons (Fsp3) is 0.615. The number of nitrogens with one attached hydrogen (secondary N) is 2. The van der Waals surface area contributed by atoms with Crippen molar-refractivity contribution in [3.05, 3.63) is 22.4 Å². The van der Waals surface area contributed by atoms with Gasteiger partial charge in [-0.25, -0.2) is 0 Å². The molecule has 0 aromatic carbocycles. The molecule has 1 aliphatic heterocycles. The molecule has 5 heteroatoms. The van der Waals surface area contributed by atoms with Crippen LogP contribution < -0.4 is 5.32 Å². The predicted molar refractivity (Wildman–Crippen MR) is 75.7 cm³/mol. The third-order valence-corrected chi connectivity index (χ3v) is 3.94. The van der Waals surface area contributed by atoms with Crippen LogP contribution in [0.25, 0.3) is 0 Å². The van der Waals surface area contributed by atoms with E-state index in [1.807, 2.05) is 0 Å². The Labute approximate surface area is 116 Å². The van der Waals surface area contributed by atoms with Crippen molar-refractivity contribution in [3.63, 3.8) is 0 Å². The Kier molecular flexibility index (Phi) is 4.83. The van der Waals surface area contributed by atoms with Crippen molar-refractivity contribution in [2.75, 3.05) is 26.2 Å². The van der Waals surface area contributed by atoms with Crippen LogP contribution in [0.2, 0.25) is 0 Å². The van der Waals surface area contributed by atoms with E-state index in [4.69, 9.17) is 0 Å². The number of H-pyrrole nitrogens is 1.